The molecule has 1 rings (SSSR count). The second-order valence-electron chi connectivity index (χ2n) is 2.26. The van der Waals surface area contributed by atoms with Crippen LogP contribution >= 0.6 is 0 Å². The highest BCUT2D eigenvalue weighted by molar-refractivity contribution is 5.26. The van der Waals surface area contributed by atoms with Gasteiger partial charge in [0.1, 0.15) is 5.75 Å². The first-order valence-corrected chi connectivity index (χ1v) is 4.39. The van der Waals surface area contributed by atoms with Crippen molar-refractivity contribution in [2.75, 3.05) is 0 Å². The van der Waals surface area contributed by atoms with E-state index in [0.717, 1.165) is 12.1 Å². The van der Waals surface area contributed by atoms with Gasteiger partial charge in [-0.1, -0.05) is 20.8 Å². The van der Waals surface area contributed by atoms with Gasteiger partial charge in [-0.25, -0.2) is 0 Å². The molecule has 0 atom stereocenters. The molecule has 0 bridgehead atoms. The summed E-state index contributed by atoms with van der Waals surface area (Å²) in [5, 5.41) is 9.08. The second kappa shape index (κ2) is 5.58. The maximum atomic E-state index is 9.08. The Balaban J connectivity index is 0.000000561. The highest BCUT2D eigenvalue weighted by atomic mass is 16.3. The standard InChI is InChI=1S/C8H11NO.C2H6/c1-3-7-4-5-8(10)6(2)9-7;1-2/h4-5,10H,3H2,1-2H3;1-2H3. The minimum atomic E-state index is 0.275. The van der Waals surface area contributed by atoms with Crippen molar-refractivity contribution in [2.24, 2.45) is 0 Å². The monoisotopic (exact) mass is 167 g/mol. The summed E-state index contributed by atoms with van der Waals surface area (Å²) in [7, 11) is 0. The number of aromatic hydroxyl groups is 1. The SMILES string of the molecule is CC.CCc1ccc(O)c(C)n1. The van der Waals surface area contributed by atoms with Crippen LogP contribution in [0.2, 0.25) is 0 Å². The maximum Gasteiger partial charge on any atom is 0.136 e. The van der Waals surface area contributed by atoms with Crippen LogP contribution in [0.25, 0.3) is 0 Å². The Hall–Kier alpha value is -1.05. The summed E-state index contributed by atoms with van der Waals surface area (Å²) >= 11 is 0. The van der Waals surface area contributed by atoms with Crippen molar-refractivity contribution in [3.8, 4) is 5.75 Å². The van der Waals surface area contributed by atoms with Crippen molar-refractivity contribution in [2.45, 2.75) is 34.1 Å². The van der Waals surface area contributed by atoms with E-state index in [4.69, 9.17) is 5.11 Å². The van der Waals surface area contributed by atoms with E-state index in [1.54, 1.807) is 13.0 Å². The molecule has 0 saturated heterocycles. The Kier molecular flexibility index (Phi) is 5.09. The lowest BCUT2D eigenvalue weighted by atomic mass is 10.2. The Bertz CT molecular complexity index is 233. The summed E-state index contributed by atoms with van der Waals surface area (Å²) < 4.78 is 0. The number of nitrogens with zero attached hydrogens (tertiary/aromatic N) is 1. The zero-order valence-electron chi connectivity index (χ0n) is 8.26. The lowest BCUT2D eigenvalue weighted by Gasteiger charge is -1.98. The summed E-state index contributed by atoms with van der Waals surface area (Å²) in [5.41, 5.74) is 1.73. The zero-order valence-corrected chi connectivity index (χ0v) is 8.26. The molecule has 2 heteroatoms. The fraction of sp³-hybridized carbons (Fsp3) is 0.500. The number of aromatic nitrogens is 1. The molecule has 0 aliphatic rings. The van der Waals surface area contributed by atoms with Gasteiger partial charge in [0.2, 0.25) is 0 Å². The van der Waals surface area contributed by atoms with Gasteiger partial charge in [-0.2, -0.15) is 0 Å². The molecule has 0 aromatic carbocycles. The van der Waals surface area contributed by atoms with Crippen LogP contribution in [-0.2, 0) is 6.42 Å². The number of hydrogen-bond acceptors (Lipinski definition) is 2. The molecule has 0 aliphatic carbocycles. The first-order valence-electron chi connectivity index (χ1n) is 4.39. The molecule has 2 nitrogen and oxygen atoms in total. The van der Waals surface area contributed by atoms with Crippen LogP contribution in [0.4, 0.5) is 0 Å². The van der Waals surface area contributed by atoms with Gasteiger partial charge < -0.3 is 5.11 Å². The lowest BCUT2D eigenvalue weighted by molar-refractivity contribution is 0.467. The molecule has 0 radical (unpaired) electrons. The fourth-order valence-electron chi connectivity index (χ4n) is 0.803. The minimum Gasteiger partial charge on any atom is -0.506 e. The molecule has 1 aromatic heterocycles. The third-order valence-corrected chi connectivity index (χ3v) is 1.48. The normalized spacial score (nSPS) is 8.67. The van der Waals surface area contributed by atoms with E-state index in [-0.39, 0.29) is 5.75 Å². The molecular weight excluding hydrogens is 150 g/mol. The van der Waals surface area contributed by atoms with Gasteiger partial charge in [-0.15, -0.1) is 0 Å². The predicted octanol–water partition coefficient (Wildman–Crippen LogP) is 2.68. The molecule has 0 spiro atoms. The van der Waals surface area contributed by atoms with Crippen LogP contribution in [0.1, 0.15) is 32.2 Å². The van der Waals surface area contributed by atoms with Gasteiger partial charge in [0.25, 0.3) is 0 Å². The minimum absolute atomic E-state index is 0.275. The molecule has 1 heterocycles. The Morgan fingerprint density at radius 1 is 1.33 bits per heavy atom. The molecule has 0 saturated carbocycles. The van der Waals surface area contributed by atoms with Gasteiger partial charge in [0, 0.05) is 5.69 Å². The number of aryl methyl sites for hydroxylation is 2. The first kappa shape index (κ1) is 11.0. The molecule has 68 valence electrons. The Morgan fingerprint density at radius 3 is 2.33 bits per heavy atom. The van der Waals surface area contributed by atoms with E-state index in [9.17, 15) is 0 Å². The number of hydrogen-bond donors (Lipinski definition) is 1. The lowest BCUT2D eigenvalue weighted by Crippen LogP contribution is -1.88. The summed E-state index contributed by atoms with van der Waals surface area (Å²) in [6, 6.07) is 3.52. The Morgan fingerprint density at radius 2 is 1.92 bits per heavy atom. The zero-order chi connectivity index (χ0) is 9.56. The van der Waals surface area contributed by atoms with Crippen LogP contribution in [0.5, 0.6) is 5.75 Å². The van der Waals surface area contributed by atoms with Gasteiger partial charge in [0.05, 0.1) is 5.69 Å². The van der Waals surface area contributed by atoms with Crippen molar-refractivity contribution in [1.29, 1.82) is 0 Å². The van der Waals surface area contributed by atoms with Gasteiger partial charge in [-0.3, -0.25) is 4.98 Å². The van der Waals surface area contributed by atoms with E-state index in [0.29, 0.717) is 5.69 Å². The summed E-state index contributed by atoms with van der Waals surface area (Å²) in [6.45, 7) is 7.84. The smallest absolute Gasteiger partial charge is 0.136 e. The third kappa shape index (κ3) is 2.91. The fourth-order valence-corrected chi connectivity index (χ4v) is 0.803. The molecule has 0 amide bonds. The number of rotatable bonds is 1. The quantitative estimate of drug-likeness (QED) is 0.697. The summed E-state index contributed by atoms with van der Waals surface area (Å²) in [4.78, 5) is 4.14. The third-order valence-electron chi connectivity index (χ3n) is 1.48. The van der Waals surface area contributed by atoms with Gasteiger partial charge in [-0.05, 0) is 25.5 Å². The van der Waals surface area contributed by atoms with E-state index in [1.807, 2.05) is 26.8 Å². The van der Waals surface area contributed by atoms with Crippen molar-refractivity contribution < 1.29 is 5.11 Å². The van der Waals surface area contributed by atoms with Gasteiger partial charge >= 0.3 is 0 Å². The largest absolute Gasteiger partial charge is 0.506 e. The molecular formula is C10H17NO. The number of pyridine rings is 1. The average molecular weight is 167 g/mol. The second-order valence-corrected chi connectivity index (χ2v) is 2.26. The van der Waals surface area contributed by atoms with E-state index in [2.05, 4.69) is 4.98 Å². The molecule has 0 fully saturated rings. The van der Waals surface area contributed by atoms with Crippen LogP contribution in [0.15, 0.2) is 12.1 Å². The highest BCUT2D eigenvalue weighted by Crippen LogP contribution is 2.12. The van der Waals surface area contributed by atoms with Gasteiger partial charge in [0.15, 0.2) is 0 Å². The predicted molar refractivity (Wildman–Crippen MR) is 51.4 cm³/mol. The van der Waals surface area contributed by atoms with Crippen molar-refractivity contribution in [3.63, 3.8) is 0 Å². The molecule has 1 N–H and O–H groups in total. The maximum absolute atomic E-state index is 9.08. The Labute approximate surface area is 74.3 Å². The van der Waals surface area contributed by atoms with Crippen molar-refractivity contribution >= 4 is 0 Å². The van der Waals surface area contributed by atoms with Crippen LogP contribution < -0.4 is 0 Å². The topological polar surface area (TPSA) is 33.1 Å². The molecule has 12 heavy (non-hydrogen) atoms. The first-order chi connectivity index (χ1) is 5.74. The molecule has 1 aromatic rings. The van der Waals surface area contributed by atoms with E-state index in [1.165, 1.54) is 0 Å². The summed E-state index contributed by atoms with van der Waals surface area (Å²) in [5.74, 6) is 0.275. The average Bonchev–Trinajstić information content (AvgIpc) is 2.13. The summed E-state index contributed by atoms with van der Waals surface area (Å²) in [6.07, 6.45) is 0.918. The van der Waals surface area contributed by atoms with Crippen LogP contribution in [-0.4, -0.2) is 10.1 Å². The molecule has 0 unspecified atom stereocenters. The van der Waals surface area contributed by atoms with E-state index < -0.39 is 0 Å². The van der Waals surface area contributed by atoms with Crippen LogP contribution in [0.3, 0.4) is 0 Å². The molecule has 0 aliphatic heterocycles. The van der Waals surface area contributed by atoms with Crippen molar-refractivity contribution in [3.05, 3.63) is 23.5 Å². The highest BCUT2D eigenvalue weighted by Gasteiger charge is 1.96. The van der Waals surface area contributed by atoms with Crippen molar-refractivity contribution in [1.82, 2.24) is 4.98 Å². The van der Waals surface area contributed by atoms with Crippen LogP contribution in [0, 0.1) is 6.92 Å². The van der Waals surface area contributed by atoms with E-state index >= 15 is 0 Å².